The van der Waals surface area contributed by atoms with Crippen molar-refractivity contribution < 1.29 is 53.8 Å². The summed E-state index contributed by atoms with van der Waals surface area (Å²) >= 11 is 0. The molecule has 3 aromatic rings. The highest BCUT2D eigenvalue weighted by Gasteiger charge is 2.49. The Bertz CT molecular complexity index is 1670. The molecule has 13 heteroatoms. The van der Waals surface area contributed by atoms with Gasteiger partial charge in [-0.05, 0) is 72.5 Å². The van der Waals surface area contributed by atoms with Crippen molar-refractivity contribution in [3.63, 3.8) is 0 Å². The molecule has 2 heterocycles. The molecule has 8 atom stereocenters. The van der Waals surface area contributed by atoms with E-state index in [-0.39, 0.29) is 30.5 Å². The monoisotopic (exact) mass is 662 g/mol. The van der Waals surface area contributed by atoms with Gasteiger partial charge in [-0.15, -0.1) is 0 Å². The van der Waals surface area contributed by atoms with E-state index in [0.29, 0.717) is 28.8 Å². The SMILES string of the molecule is CC(=O)NCC#Cc1ccc(N2C(=O)[C@H](CC[C@H](O)c3ccc(F)cc3)C2c2ccc(O[C@@H]3O[C@H](C(=O)O)[C@@H](O)[C@H](O)[C@H]3O)cc2)cc1. The maximum Gasteiger partial charge on any atom is 0.335 e. The molecule has 5 rings (SSSR count). The zero-order valence-electron chi connectivity index (χ0n) is 25.8. The van der Waals surface area contributed by atoms with Crippen LogP contribution >= 0.6 is 0 Å². The lowest BCUT2D eigenvalue weighted by atomic mass is 9.78. The summed E-state index contributed by atoms with van der Waals surface area (Å²) in [7, 11) is 0. The molecule has 12 nitrogen and oxygen atoms in total. The van der Waals surface area contributed by atoms with Crippen LogP contribution in [0.15, 0.2) is 72.8 Å². The van der Waals surface area contributed by atoms with Gasteiger partial charge in [0.25, 0.3) is 0 Å². The first-order valence-electron chi connectivity index (χ1n) is 15.2. The van der Waals surface area contributed by atoms with Gasteiger partial charge < -0.3 is 45.2 Å². The van der Waals surface area contributed by atoms with Crippen molar-refractivity contribution in [1.29, 1.82) is 0 Å². The molecule has 1 unspecified atom stereocenters. The first kappa shape index (κ1) is 34.5. The molecule has 0 spiro atoms. The summed E-state index contributed by atoms with van der Waals surface area (Å²) in [5.41, 5.74) is 2.54. The van der Waals surface area contributed by atoms with Crippen LogP contribution in [-0.2, 0) is 19.1 Å². The van der Waals surface area contributed by atoms with Crippen LogP contribution in [-0.4, -0.2) is 80.6 Å². The molecule has 3 aromatic carbocycles. The van der Waals surface area contributed by atoms with Crippen molar-refractivity contribution >= 4 is 23.5 Å². The van der Waals surface area contributed by atoms with Crippen LogP contribution in [0.4, 0.5) is 10.1 Å². The Balaban J connectivity index is 1.34. The Hall–Kier alpha value is -4.84. The number of halogens is 1. The highest BCUT2D eigenvalue weighted by atomic mass is 19.1. The topological polar surface area (TPSA) is 186 Å². The lowest BCUT2D eigenvalue weighted by Crippen LogP contribution is -2.61. The number of amides is 2. The number of rotatable bonds is 10. The molecule has 2 saturated heterocycles. The van der Waals surface area contributed by atoms with Gasteiger partial charge in [0.1, 0.15) is 29.9 Å². The molecule has 0 aromatic heterocycles. The number of carbonyl (C=O) groups is 3. The third kappa shape index (κ3) is 7.65. The van der Waals surface area contributed by atoms with Crippen molar-refractivity contribution in [2.75, 3.05) is 11.4 Å². The molecule has 0 saturated carbocycles. The number of aliphatic hydroxyl groups is 4. The molecule has 48 heavy (non-hydrogen) atoms. The molecule has 0 aliphatic carbocycles. The molecular weight excluding hydrogens is 627 g/mol. The van der Waals surface area contributed by atoms with Crippen LogP contribution in [0.5, 0.6) is 5.75 Å². The van der Waals surface area contributed by atoms with Crippen molar-refractivity contribution in [2.45, 2.75) is 62.6 Å². The molecule has 0 radical (unpaired) electrons. The number of nitrogens with one attached hydrogen (secondary N) is 1. The van der Waals surface area contributed by atoms with Crippen molar-refractivity contribution in [1.82, 2.24) is 5.32 Å². The molecule has 0 bridgehead atoms. The zero-order chi connectivity index (χ0) is 34.5. The summed E-state index contributed by atoms with van der Waals surface area (Å²) in [5.74, 6) is 3.15. The summed E-state index contributed by atoms with van der Waals surface area (Å²) < 4.78 is 24.2. The van der Waals surface area contributed by atoms with E-state index in [1.165, 1.54) is 43.3 Å². The van der Waals surface area contributed by atoms with Gasteiger partial charge in [-0.3, -0.25) is 9.59 Å². The maximum atomic E-state index is 13.6. The number of anilines is 1. The summed E-state index contributed by atoms with van der Waals surface area (Å²) in [6.45, 7) is 1.60. The Kier molecular flexibility index (Phi) is 10.7. The summed E-state index contributed by atoms with van der Waals surface area (Å²) in [6, 6.07) is 18.6. The summed E-state index contributed by atoms with van der Waals surface area (Å²) in [5, 5.41) is 53.0. The van der Waals surface area contributed by atoms with E-state index in [9.17, 15) is 44.3 Å². The van der Waals surface area contributed by atoms with Gasteiger partial charge in [0.2, 0.25) is 18.1 Å². The lowest BCUT2D eigenvalue weighted by molar-refractivity contribution is -0.271. The Labute approximate surface area is 275 Å². The van der Waals surface area contributed by atoms with Gasteiger partial charge in [0, 0.05) is 18.2 Å². The minimum Gasteiger partial charge on any atom is -0.479 e. The van der Waals surface area contributed by atoms with Crippen molar-refractivity contribution in [2.24, 2.45) is 5.92 Å². The number of ether oxygens (including phenoxy) is 2. The first-order valence-corrected chi connectivity index (χ1v) is 15.2. The fraction of sp³-hybridized carbons (Fsp3) is 0.343. The first-order chi connectivity index (χ1) is 22.9. The van der Waals surface area contributed by atoms with Gasteiger partial charge in [0.15, 0.2) is 6.10 Å². The van der Waals surface area contributed by atoms with Crippen LogP contribution in [0.1, 0.15) is 48.6 Å². The highest BCUT2D eigenvalue weighted by molar-refractivity contribution is 6.03. The minimum absolute atomic E-state index is 0.165. The Morgan fingerprint density at radius 3 is 2.27 bits per heavy atom. The minimum atomic E-state index is -1.86. The largest absolute Gasteiger partial charge is 0.479 e. The van der Waals surface area contributed by atoms with E-state index in [0.717, 1.165) is 0 Å². The fourth-order valence-electron chi connectivity index (χ4n) is 5.74. The average molecular weight is 663 g/mol. The predicted octanol–water partition coefficient (Wildman–Crippen LogP) is 1.80. The molecule has 252 valence electrons. The van der Waals surface area contributed by atoms with Crippen LogP contribution in [0.2, 0.25) is 0 Å². The molecule has 6 N–H and O–H groups in total. The summed E-state index contributed by atoms with van der Waals surface area (Å²) in [4.78, 5) is 37.7. The van der Waals surface area contributed by atoms with Gasteiger partial charge in [-0.2, -0.15) is 0 Å². The lowest BCUT2D eigenvalue weighted by Gasteiger charge is -2.48. The zero-order valence-corrected chi connectivity index (χ0v) is 25.8. The number of hydrogen-bond acceptors (Lipinski definition) is 9. The van der Waals surface area contributed by atoms with Crippen molar-refractivity contribution in [3.8, 4) is 17.6 Å². The number of nitrogens with zero attached hydrogens (tertiary/aromatic N) is 1. The van der Waals surface area contributed by atoms with Crippen LogP contribution in [0.25, 0.3) is 0 Å². The number of carboxylic acids is 1. The predicted molar refractivity (Wildman–Crippen MR) is 168 cm³/mol. The molecule has 2 fully saturated rings. The van der Waals surface area contributed by atoms with Crippen LogP contribution in [0, 0.1) is 23.6 Å². The second-order valence-corrected chi connectivity index (χ2v) is 11.6. The molecule has 2 aliphatic heterocycles. The second kappa shape index (κ2) is 14.9. The van der Waals surface area contributed by atoms with Crippen molar-refractivity contribution in [3.05, 3.63) is 95.3 Å². The van der Waals surface area contributed by atoms with Crippen LogP contribution < -0.4 is 15.0 Å². The number of carbonyl (C=O) groups excluding carboxylic acids is 2. The smallest absolute Gasteiger partial charge is 0.335 e. The molecular formula is C35H35FN2O10. The number of benzene rings is 3. The van der Waals surface area contributed by atoms with Gasteiger partial charge in [-0.25, -0.2) is 9.18 Å². The number of aliphatic carboxylic acids is 1. The normalized spacial score (nSPS) is 25.7. The highest BCUT2D eigenvalue weighted by Crippen LogP contribution is 2.46. The van der Waals surface area contributed by atoms with E-state index in [1.54, 1.807) is 41.3 Å². The average Bonchev–Trinajstić information content (AvgIpc) is 3.07. The molecule has 2 aliphatic rings. The quantitative estimate of drug-likeness (QED) is 0.138. The molecule has 2 amide bonds. The number of carboxylic acid groups (broad SMARTS) is 1. The van der Waals surface area contributed by atoms with E-state index in [2.05, 4.69) is 17.2 Å². The van der Waals surface area contributed by atoms with E-state index >= 15 is 0 Å². The van der Waals surface area contributed by atoms with E-state index in [1.807, 2.05) is 0 Å². The summed E-state index contributed by atoms with van der Waals surface area (Å²) in [6.07, 6.45) is -9.16. The van der Waals surface area contributed by atoms with Gasteiger partial charge in [-0.1, -0.05) is 36.1 Å². The third-order valence-electron chi connectivity index (χ3n) is 8.31. The third-order valence-corrected chi connectivity index (χ3v) is 8.31. The van der Waals surface area contributed by atoms with E-state index in [4.69, 9.17) is 9.47 Å². The Morgan fingerprint density at radius 1 is 0.979 bits per heavy atom. The van der Waals surface area contributed by atoms with E-state index < -0.39 is 60.6 Å². The second-order valence-electron chi connectivity index (χ2n) is 11.6. The number of β-lactam (4-membered cyclic amide) rings is 1. The Morgan fingerprint density at radius 2 is 1.65 bits per heavy atom. The van der Waals surface area contributed by atoms with Gasteiger partial charge >= 0.3 is 5.97 Å². The maximum absolute atomic E-state index is 13.6. The van der Waals surface area contributed by atoms with Crippen LogP contribution in [0.3, 0.4) is 0 Å². The standard InChI is InChI=1S/C35H35FN2O10/c1-19(39)37-18-2-3-20-4-12-24(13-5-20)38-28(26(33(38)44)16-17-27(40)21-6-10-23(36)11-7-21)22-8-14-25(15-9-22)47-35-31(43)29(41)30(42)32(48-35)34(45)46/h4-15,26-32,35,40-43H,16-18H2,1H3,(H,37,39)(H,45,46)/t26-,27+,28?,29+,30+,31-,32+,35-/m1/s1. The number of aliphatic hydroxyl groups excluding tert-OH is 4. The number of hydrogen-bond donors (Lipinski definition) is 6. The van der Waals surface area contributed by atoms with Gasteiger partial charge in [0.05, 0.1) is 24.6 Å². The fourth-order valence-corrected chi connectivity index (χ4v) is 5.74.